The number of morpholine rings is 1. The molecule has 0 amide bonds. The monoisotopic (exact) mass is 424 g/mol. The minimum Gasteiger partial charge on any atom is -0.382 e. The van der Waals surface area contributed by atoms with E-state index in [-0.39, 0.29) is 0 Å². The smallest absolute Gasteiger partial charge is 0.193 e. The average molecular weight is 425 g/mol. The number of methoxy groups -OCH3 is 1. The van der Waals surface area contributed by atoms with Crippen molar-refractivity contribution < 1.29 is 14.2 Å². The van der Waals surface area contributed by atoms with Crippen molar-refractivity contribution in [1.82, 2.24) is 15.1 Å². The molecule has 164 valence electrons. The highest BCUT2D eigenvalue weighted by molar-refractivity contribution is 7.10. The van der Waals surface area contributed by atoms with Crippen LogP contribution in [0.5, 0.6) is 0 Å². The van der Waals surface area contributed by atoms with E-state index in [1.54, 1.807) is 7.11 Å². The standard InChI is InChI=1S/C21H36N4O3S/c1-3-22-21(25-7-6-18(16-25)17-28-13-12-26-2)23-15-19(20-5-4-14-29-20)24-8-10-27-11-9-24/h4-5,14,18-19H,3,6-13,15-17H2,1-2H3,(H,22,23). The molecule has 2 aliphatic heterocycles. The zero-order chi connectivity index (χ0) is 20.3. The van der Waals surface area contributed by atoms with Crippen molar-refractivity contribution in [2.45, 2.75) is 19.4 Å². The van der Waals surface area contributed by atoms with Crippen molar-refractivity contribution in [2.75, 3.05) is 79.4 Å². The number of rotatable bonds is 10. The first kappa shape index (κ1) is 22.5. The maximum absolute atomic E-state index is 5.74. The van der Waals surface area contributed by atoms with Gasteiger partial charge in [-0.2, -0.15) is 0 Å². The molecule has 0 aliphatic carbocycles. The fraction of sp³-hybridized carbons (Fsp3) is 0.762. The van der Waals surface area contributed by atoms with E-state index in [1.165, 1.54) is 4.88 Å². The lowest BCUT2D eigenvalue weighted by Gasteiger charge is -2.33. The molecule has 0 bridgehead atoms. The molecule has 2 atom stereocenters. The lowest BCUT2D eigenvalue weighted by molar-refractivity contribution is 0.0186. The quantitative estimate of drug-likeness (QED) is 0.353. The van der Waals surface area contributed by atoms with E-state index >= 15 is 0 Å². The summed E-state index contributed by atoms with van der Waals surface area (Å²) in [6.45, 7) is 11.5. The Kier molecular flexibility index (Phi) is 9.69. The fourth-order valence-corrected chi connectivity index (χ4v) is 4.76. The van der Waals surface area contributed by atoms with E-state index in [1.807, 2.05) is 11.3 Å². The van der Waals surface area contributed by atoms with Gasteiger partial charge < -0.3 is 24.4 Å². The van der Waals surface area contributed by atoms with Gasteiger partial charge in [-0.15, -0.1) is 11.3 Å². The number of nitrogens with one attached hydrogen (secondary N) is 1. The molecule has 29 heavy (non-hydrogen) atoms. The Morgan fingerprint density at radius 2 is 2.21 bits per heavy atom. The van der Waals surface area contributed by atoms with Gasteiger partial charge in [-0.05, 0) is 24.8 Å². The van der Waals surface area contributed by atoms with E-state index in [2.05, 4.69) is 39.6 Å². The van der Waals surface area contributed by atoms with Crippen molar-refractivity contribution in [3.8, 4) is 0 Å². The molecule has 2 saturated heterocycles. The Hall–Kier alpha value is -1.19. The topological polar surface area (TPSA) is 58.6 Å². The Morgan fingerprint density at radius 1 is 1.34 bits per heavy atom. The molecule has 1 N–H and O–H groups in total. The van der Waals surface area contributed by atoms with Gasteiger partial charge in [0.2, 0.25) is 0 Å². The summed E-state index contributed by atoms with van der Waals surface area (Å²) in [7, 11) is 1.71. The summed E-state index contributed by atoms with van der Waals surface area (Å²) >= 11 is 1.82. The third-order valence-electron chi connectivity index (χ3n) is 5.48. The second-order valence-electron chi connectivity index (χ2n) is 7.54. The van der Waals surface area contributed by atoms with Crippen molar-refractivity contribution >= 4 is 17.3 Å². The maximum atomic E-state index is 5.74. The van der Waals surface area contributed by atoms with E-state index in [4.69, 9.17) is 19.2 Å². The fourth-order valence-electron chi connectivity index (χ4n) is 3.91. The van der Waals surface area contributed by atoms with Gasteiger partial charge in [0.15, 0.2) is 5.96 Å². The number of hydrogen-bond donors (Lipinski definition) is 1. The van der Waals surface area contributed by atoms with Crippen LogP contribution in [-0.2, 0) is 14.2 Å². The summed E-state index contributed by atoms with van der Waals surface area (Å²) in [4.78, 5) is 11.4. The summed E-state index contributed by atoms with van der Waals surface area (Å²) in [6, 6.07) is 4.69. The van der Waals surface area contributed by atoms with Gasteiger partial charge in [-0.25, -0.2) is 0 Å². The summed E-state index contributed by atoms with van der Waals surface area (Å²) in [5.41, 5.74) is 0. The van der Waals surface area contributed by atoms with Gasteiger partial charge in [-0.1, -0.05) is 6.07 Å². The van der Waals surface area contributed by atoms with Crippen LogP contribution in [0, 0.1) is 5.92 Å². The number of thiophene rings is 1. The molecule has 2 aliphatic rings. The van der Waals surface area contributed by atoms with E-state index in [0.717, 1.165) is 71.5 Å². The van der Waals surface area contributed by atoms with Crippen molar-refractivity contribution in [1.29, 1.82) is 0 Å². The zero-order valence-electron chi connectivity index (χ0n) is 17.8. The minimum atomic E-state index is 0.323. The number of ether oxygens (including phenoxy) is 3. The molecule has 0 aromatic carbocycles. The molecule has 2 fully saturated rings. The van der Waals surface area contributed by atoms with Gasteiger partial charge in [0.05, 0.1) is 45.6 Å². The van der Waals surface area contributed by atoms with Crippen molar-refractivity contribution in [2.24, 2.45) is 10.9 Å². The normalized spacial score (nSPS) is 22.2. The lowest BCUT2D eigenvalue weighted by atomic mass is 10.1. The van der Waals surface area contributed by atoms with E-state index in [9.17, 15) is 0 Å². The predicted molar refractivity (Wildman–Crippen MR) is 118 cm³/mol. The summed E-state index contributed by atoms with van der Waals surface area (Å²) < 4.78 is 16.4. The van der Waals surface area contributed by atoms with Crippen molar-refractivity contribution in [3.05, 3.63) is 22.4 Å². The molecule has 8 heteroatoms. The molecule has 0 spiro atoms. The Labute approximate surface area is 179 Å². The highest BCUT2D eigenvalue weighted by atomic mass is 32.1. The van der Waals surface area contributed by atoms with Crippen LogP contribution in [0.15, 0.2) is 22.5 Å². The van der Waals surface area contributed by atoms with Crippen LogP contribution in [0.2, 0.25) is 0 Å². The largest absolute Gasteiger partial charge is 0.382 e. The molecular formula is C21H36N4O3S. The highest BCUT2D eigenvalue weighted by Gasteiger charge is 2.27. The third-order valence-corrected chi connectivity index (χ3v) is 6.45. The molecule has 0 saturated carbocycles. The van der Waals surface area contributed by atoms with Gasteiger partial charge in [0, 0.05) is 50.6 Å². The molecule has 0 radical (unpaired) electrons. The SMILES string of the molecule is CCNC(=NCC(c1cccs1)N1CCOCC1)N1CCC(COCCOC)C1. The van der Waals surface area contributed by atoms with E-state index < -0.39 is 0 Å². The number of nitrogens with zero attached hydrogens (tertiary/aromatic N) is 3. The second kappa shape index (κ2) is 12.5. The summed E-state index contributed by atoms with van der Waals surface area (Å²) in [5, 5.41) is 5.66. The van der Waals surface area contributed by atoms with Gasteiger partial charge in [0.1, 0.15) is 0 Å². The summed E-state index contributed by atoms with van der Waals surface area (Å²) in [5.74, 6) is 1.59. The van der Waals surface area contributed by atoms with Crippen LogP contribution < -0.4 is 5.32 Å². The number of likely N-dealkylation sites (tertiary alicyclic amines) is 1. The molecular weight excluding hydrogens is 388 g/mol. The van der Waals surface area contributed by atoms with Crippen LogP contribution in [0.25, 0.3) is 0 Å². The third kappa shape index (κ3) is 6.93. The maximum Gasteiger partial charge on any atom is 0.193 e. The van der Waals surface area contributed by atoms with Crippen LogP contribution in [-0.4, -0.2) is 95.2 Å². The average Bonchev–Trinajstić information content (AvgIpc) is 3.44. The first-order valence-electron chi connectivity index (χ1n) is 10.8. The van der Waals surface area contributed by atoms with Crippen LogP contribution in [0.3, 0.4) is 0 Å². The molecule has 3 rings (SSSR count). The van der Waals surface area contributed by atoms with Gasteiger partial charge in [-0.3, -0.25) is 9.89 Å². The van der Waals surface area contributed by atoms with Gasteiger partial charge in [0.25, 0.3) is 0 Å². The molecule has 2 unspecified atom stereocenters. The van der Waals surface area contributed by atoms with Crippen LogP contribution in [0.4, 0.5) is 0 Å². The molecule has 3 heterocycles. The minimum absolute atomic E-state index is 0.323. The predicted octanol–water partition coefficient (Wildman–Crippen LogP) is 2.07. The Balaban J connectivity index is 1.59. The molecule has 1 aromatic rings. The van der Waals surface area contributed by atoms with E-state index in [0.29, 0.717) is 25.2 Å². The van der Waals surface area contributed by atoms with Crippen LogP contribution >= 0.6 is 11.3 Å². The first-order valence-corrected chi connectivity index (χ1v) is 11.6. The highest BCUT2D eigenvalue weighted by Crippen LogP contribution is 2.26. The summed E-state index contributed by atoms with van der Waals surface area (Å²) in [6.07, 6.45) is 1.15. The second-order valence-corrected chi connectivity index (χ2v) is 8.52. The number of aliphatic imine (C=N–C) groups is 1. The Morgan fingerprint density at radius 3 is 2.93 bits per heavy atom. The van der Waals surface area contributed by atoms with Crippen molar-refractivity contribution in [3.63, 3.8) is 0 Å². The molecule has 7 nitrogen and oxygen atoms in total. The molecule has 1 aromatic heterocycles. The first-order chi connectivity index (χ1) is 14.3. The van der Waals surface area contributed by atoms with Crippen LogP contribution in [0.1, 0.15) is 24.3 Å². The van der Waals surface area contributed by atoms with Gasteiger partial charge >= 0.3 is 0 Å². The number of guanidine groups is 1. The number of hydrogen-bond acceptors (Lipinski definition) is 6. The lowest BCUT2D eigenvalue weighted by Crippen LogP contribution is -2.42. The zero-order valence-corrected chi connectivity index (χ0v) is 18.7. The Bertz CT molecular complexity index is 593.